The molecule has 0 amide bonds. The topological polar surface area (TPSA) is 49.8 Å². The van der Waals surface area contributed by atoms with Gasteiger partial charge in [-0.05, 0) is 20.0 Å². The Hall–Kier alpha value is -1.55. The number of carboxylic acids is 1. The number of carbonyl (C=O) groups is 1. The molecule has 1 aromatic rings. The summed E-state index contributed by atoms with van der Waals surface area (Å²) in [6.07, 6.45) is 0. The van der Waals surface area contributed by atoms with E-state index in [1.165, 1.54) is 0 Å². The number of carboxylic acid groups (broad SMARTS) is 1. The Balaban J connectivity index is 2.76. The molecule has 4 nitrogen and oxygen atoms in total. The van der Waals surface area contributed by atoms with Crippen LogP contribution in [-0.4, -0.2) is 36.2 Å². The van der Waals surface area contributed by atoms with Gasteiger partial charge >= 0.3 is 5.97 Å². The largest absolute Gasteiger partial charge is 0.496 e. The smallest absolute Gasteiger partial charge is 0.320 e. The summed E-state index contributed by atoms with van der Waals surface area (Å²) in [7, 11) is 3.39. The number of rotatable bonds is 5. The van der Waals surface area contributed by atoms with Crippen molar-refractivity contribution >= 4 is 5.97 Å². The predicted octanol–water partition coefficient (Wildman–Crippen LogP) is 1.60. The molecular weight excluding hydrogens is 206 g/mol. The van der Waals surface area contributed by atoms with Crippen LogP contribution in [0.15, 0.2) is 24.3 Å². The molecule has 0 bridgehead atoms. The Kier molecular flexibility index (Phi) is 4.31. The second kappa shape index (κ2) is 5.51. The number of methoxy groups -OCH3 is 1. The van der Waals surface area contributed by atoms with Gasteiger partial charge in [0.15, 0.2) is 0 Å². The van der Waals surface area contributed by atoms with E-state index in [9.17, 15) is 4.79 Å². The molecule has 0 saturated carbocycles. The minimum atomic E-state index is -0.822. The summed E-state index contributed by atoms with van der Waals surface area (Å²) in [5.41, 5.74) is 0.987. The summed E-state index contributed by atoms with van der Waals surface area (Å²) in [4.78, 5) is 12.6. The van der Waals surface area contributed by atoms with Crippen molar-refractivity contribution in [3.05, 3.63) is 29.8 Å². The molecule has 1 rings (SSSR count). The van der Waals surface area contributed by atoms with Gasteiger partial charge in [0.25, 0.3) is 0 Å². The molecule has 0 aromatic heterocycles. The van der Waals surface area contributed by atoms with Crippen LogP contribution >= 0.6 is 0 Å². The fraction of sp³-hybridized carbons (Fsp3) is 0.417. The first-order chi connectivity index (χ1) is 7.56. The summed E-state index contributed by atoms with van der Waals surface area (Å²) in [5.74, 6) is -0.0377. The van der Waals surface area contributed by atoms with Crippen LogP contribution in [0.5, 0.6) is 5.75 Å². The van der Waals surface area contributed by atoms with Gasteiger partial charge in [0.2, 0.25) is 0 Å². The Morgan fingerprint density at radius 3 is 2.69 bits per heavy atom. The summed E-state index contributed by atoms with van der Waals surface area (Å²) in [6.45, 7) is 2.22. The molecule has 0 fully saturated rings. The quantitative estimate of drug-likeness (QED) is 0.823. The van der Waals surface area contributed by atoms with Gasteiger partial charge in [-0.3, -0.25) is 9.69 Å². The van der Waals surface area contributed by atoms with Crippen LogP contribution in [0, 0.1) is 0 Å². The Labute approximate surface area is 95.5 Å². The predicted molar refractivity (Wildman–Crippen MR) is 61.6 cm³/mol. The van der Waals surface area contributed by atoms with Crippen molar-refractivity contribution in [3.8, 4) is 5.75 Å². The molecule has 1 aromatic carbocycles. The fourth-order valence-corrected chi connectivity index (χ4v) is 1.43. The van der Waals surface area contributed by atoms with Gasteiger partial charge in [-0.1, -0.05) is 18.2 Å². The van der Waals surface area contributed by atoms with Crippen LogP contribution in [0.4, 0.5) is 0 Å². The second-order valence-corrected chi connectivity index (χ2v) is 3.74. The third-order valence-corrected chi connectivity index (χ3v) is 2.63. The second-order valence-electron chi connectivity index (χ2n) is 3.74. The molecule has 0 radical (unpaired) electrons. The van der Waals surface area contributed by atoms with Crippen LogP contribution in [0.3, 0.4) is 0 Å². The van der Waals surface area contributed by atoms with Crippen molar-refractivity contribution in [2.75, 3.05) is 14.2 Å². The van der Waals surface area contributed by atoms with Crippen molar-refractivity contribution in [2.24, 2.45) is 0 Å². The SMILES string of the molecule is COc1ccccc1CN(C)C(C)C(=O)O. The van der Waals surface area contributed by atoms with Crippen LogP contribution < -0.4 is 4.74 Å². The highest BCUT2D eigenvalue weighted by atomic mass is 16.5. The van der Waals surface area contributed by atoms with Gasteiger partial charge in [-0.25, -0.2) is 0 Å². The third-order valence-electron chi connectivity index (χ3n) is 2.63. The molecule has 0 saturated heterocycles. The summed E-state index contributed by atoms with van der Waals surface area (Å²) in [5, 5.41) is 8.88. The fourth-order valence-electron chi connectivity index (χ4n) is 1.43. The van der Waals surface area contributed by atoms with Gasteiger partial charge in [0, 0.05) is 12.1 Å². The average molecular weight is 223 g/mol. The molecule has 1 N–H and O–H groups in total. The zero-order chi connectivity index (χ0) is 12.1. The molecule has 0 heterocycles. The lowest BCUT2D eigenvalue weighted by Gasteiger charge is -2.22. The van der Waals surface area contributed by atoms with Crippen molar-refractivity contribution in [1.29, 1.82) is 0 Å². The lowest BCUT2D eigenvalue weighted by atomic mass is 10.1. The molecule has 0 aliphatic heterocycles. The van der Waals surface area contributed by atoms with E-state index in [1.807, 2.05) is 24.3 Å². The zero-order valence-corrected chi connectivity index (χ0v) is 9.80. The molecule has 0 spiro atoms. The van der Waals surface area contributed by atoms with E-state index in [-0.39, 0.29) is 0 Å². The van der Waals surface area contributed by atoms with E-state index in [1.54, 1.807) is 26.0 Å². The Bertz CT molecular complexity index is 365. The standard InChI is InChI=1S/C12H17NO3/c1-9(12(14)15)13(2)8-10-6-4-5-7-11(10)16-3/h4-7,9H,8H2,1-3H3,(H,14,15). The average Bonchev–Trinajstić information content (AvgIpc) is 2.28. The van der Waals surface area contributed by atoms with Gasteiger partial charge in [0.1, 0.15) is 11.8 Å². The minimum Gasteiger partial charge on any atom is -0.496 e. The molecule has 1 atom stereocenters. The van der Waals surface area contributed by atoms with Crippen molar-refractivity contribution in [3.63, 3.8) is 0 Å². The number of ether oxygens (including phenoxy) is 1. The summed E-state index contributed by atoms with van der Waals surface area (Å²) >= 11 is 0. The van der Waals surface area contributed by atoms with E-state index in [0.717, 1.165) is 11.3 Å². The van der Waals surface area contributed by atoms with E-state index < -0.39 is 12.0 Å². The van der Waals surface area contributed by atoms with E-state index in [2.05, 4.69) is 0 Å². The van der Waals surface area contributed by atoms with Crippen molar-refractivity contribution in [2.45, 2.75) is 19.5 Å². The number of benzene rings is 1. The summed E-state index contributed by atoms with van der Waals surface area (Å²) < 4.78 is 5.21. The number of para-hydroxylation sites is 1. The van der Waals surface area contributed by atoms with E-state index >= 15 is 0 Å². The molecule has 0 aliphatic carbocycles. The lowest BCUT2D eigenvalue weighted by Crippen LogP contribution is -2.35. The molecule has 16 heavy (non-hydrogen) atoms. The number of hydrogen-bond donors (Lipinski definition) is 1. The van der Waals surface area contributed by atoms with Crippen molar-refractivity contribution in [1.82, 2.24) is 4.90 Å². The number of likely N-dealkylation sites (N-methyl/N-ethyl adjacent to an activating group) is 1. The minimum absolute atomic E-state index is 0.509. The highest BCUT2D eigenvalue weighted by molar-refractivity contribution is 5.72. The van der Waals surface area contributed by atoms with Crippen LogP contribution in [0.1, 0.15) is 12.5 Å². The van der Waals surface area contributed by atoms with Crippen LogP contribution in [0.25, 0.3) is 0 Å². The zero-order valence-electron chi connectivity index (χ0n) is 9.80. The first-order valence-electron chi connectivity index (χ1n) is 5.11. The number of nitrogens with zero attached hydrogens (tertiary/aromatic N) is 1. The molecule has 1 unspecified atom stereocenters. The van der Waals surface area contributed by atoms with Gasteiger partial charge in [-0.2, -0.15) is 0 Å². The lowest BCUT2D eigenvalue weighted by molar-refractivity contribution is -0.142. The first kappa shape index (κ1) is 12.5. The maximum atomic E-state index is 10.8. The number of hydrogen-bond acceptors (Lipinski definition) is 3. The maximum absolute atomic E-state index is 10.8. The molecule has 4 heteroatoms. The van der Waals surface area contributed by atoms with Gasteiger partial charge in [-0.15, -0.1) is 0 Å². The summed E-state index contributed by atoms with van der Waals surface area (Å²) in [6, 6.07) is 7.10. The normalized spacial score (nSPS) is 12.5. The van der Waals surface area contributed by atoms with Gasteiger partial charge < -0.3 is 9.84 Å². The van der Waals surface area contributed by atoms with Crippen molar-refractivity contribution < 1.29 is 14.6 Å². The van der Waals surface area contributed by atoms with E-state index in [0.29, 0.717) is 6.54 Å². The Morgan fingerprint density at radius 2 is 2.12 bits per heavy atom. The molecular formula is C12H17NO3. The number of aliphatic carboxylic acids is 1. The highest BCUT2D eigenvalue weighted by Crippen LogP contribution is 2.19. The highest BCUT2D eigenvalue weighted by Gasteiger charge is 2.17. The van der Waals surface area contributed by atoms with Gasteiger partial charge in [0.05, 0.1) is 7.11 Å². The monoisotopic (exact) mass is 223 g/mol. The van der Waals surface area contributed by atoms with Crippen LogP contribution in [0.2, 0.25) is 0 Å². The maximum Gasteiger partial charge on any atom is 0.320 e. The molecule has 88 valence electrons. The van der Waals surface area contributed by atoms with E-state index in [4.69, 9.17) is 9.84 Å². The third kappa shape index (κ3) is 2.97. The Morgan fingerprint density at radius 1 is 1.50 bits per heavy atom. The molecule has 0 aliphatic rings. The first-order valence-corrected chi connectivity index (χ1v) is 5.11. The van der Waals surface area contributed by atoms with Crippen LogP contribution in [-0.2, 0) is 11.3 Å².